The van der Waals surface area contributed by atoms with Gasteiger partial charge in [-0.05, 0) is 52.1 Å². The van der Waals surface area contributed by atoms with Crippen LogP contribution in [-0.2, 0) is 9.53 Å². The van der Waals surface area contributed by atoms with E-state index >= 15 is 0 Å². The molecular weight excluding hydrogens is 216 g/mol. The summed E-state index contributed by atoms with van der Waals surface area (Å²) in [4.78, 5) is 13.9. The van der Waals surface area contributed by atoms with Crippen molar-refractivity contribution in [3.05, 3.63) is 0 Å². The largest absolute Gasteiger partial charge is 0.468 e. The molecule has 2 atom stereocenters. The third kappa shape index (κ3) is 3.96. The molecule has 1 saturated heterocycles. The zero-order valence-electron chi connectivity index (χ0n) is 11.4. The van der Waals surface area contributed by atoms with Crippen molar-refractivity contribution in [2.45, 2.75) is 57.5 Å². The molecule has 0 aromatic rings. The van der Waals surface area contributed by atoms with Gasteiger partial charge < -0.3 is 15.4 Å². The van der Waals surface area contributed by atoms with Gasteiger partial charge in [0.15, 0.2) is 0 Å². The molecule has 0 aromatic heterocycles. The Kier molecular flexibility index (Phi) is 5.40. The summed E-state index contributed by atoms with van der Waals surface area (Å²) in [6.07, 6.45) is 5.48. The molecule has 0 saturated carbocycles. The van der Waals surface area contributed by atoms with Crippen LogP contribution in [0.4, 0.5) is 0 Å². The van der Waals surface area contributed by atoms with Crippen LogP contribution in [0.25, 0.3) is 0 Å². The number of methoxy groups -OCH3 is 1. The maximum Gasteiger partial charge on any atom is 0.325 e. The first-order valence-electron chi connectivity index (χ1n) is 6.62. The summed E-state index contributed by atoms with van der Waals surface area (Å²) < 4.78 is 4.70. The zero-order valence-corrected chi connectivity index (χ0v) is 11.4. The van der Waals surface area contributed by atoms with Gasteiger partial charge in [0, 0.05) is 6.04 Å². The Balaban J connectivity index is 2.29. The van der Waals surface area contributed by atoms with E-state index in [2.05, 4.69) is 11.8 Å². The molecule has 2 unspecified atom stereocenters. The van der Waals surface area contributed by atoms with Crippen molar-refractivity contribution in [2.24, 2.45) is 5.73 Å². The van der Waals surface area contributed by atoms with Crippen molar-refractivity contribution in [1.82, 2.24) is 4.90 Å². The number of ether oxygens (including phenoxy) is 1. The Morgan fingerprint density at radius 1 is 1.59 bits per heavy atom. The first kappa shape index (κ1) is 14.5. The molecule has 1 heterocycles. The summed E-state index contributed by atoms with van der Waals surface area (Å²) >= 11 is 0. The third-order valence-electron chi connectivity index (χ3n) is 3.76. The van der Waals surface area contributed by atoms with Crippen molar-refractivity contribution >= 4 is 5.97 Å². The number of rotatable bonds is 6. The van der Waals surface area contributed by atoms with Crippen LogP contribution < -0.4 is 5.73 Å². The number of carbonyl (C=O) groups is 1. The molecule has 0 aliphatic carbocycles. The van der Waals surface area contributed by atoms with E-state index in [9.17, 15) is 4.79 Å². The van der Waals surface area contributed by atoms with Gasteiger partial charge in [0.1, 0.15) is 5.54 Å². The Morgan fingerprint density at radius 2 is 2.29 bits per heavy atom. The summed E-state index contributed by atoms with van der Waals surface area (Å²) in [5, 5.41) is 0. The predicted octanol–water partition coefficient (Wildman–Crippen LogP) is 1.53. The maximum atomic E-state index is 11.4. The molecule has 0 amide bonds. The van der Waals surface area contributed by atoms with E-state index in [0.717, 1.165) is 19.0 Å². The van der Waals surface area contributed by atoms with E-state index in [1.165, 1.54) is 32.9 Å². The molecule has 1 fully saturated rings. The molecule has 2 N–H and O–H groups in total. The van der Waals surface area contributed by atoms with Gasteiger partial charge in [0.2, 0.25) is 0 Å². The lowest BCUT2D eigenvalue weighted by Crippen LogP contribution is -2.46. The van der Waals surface area contributed by atoms with Gasteiger partial charge in [0.05, 0.1) is 7.11 Å². The highest BCUT2D eigenvalue weighted by molar-refractivity contribution is 5.79. The normalized spacial score (nSPS) is 24.6. The molecule has 0 spiro atoms. The lowest BCUT2D eigenvalue weighted by atomic mass is 9.97. The van der Waals surface area contributed by atoms with Crippen LogP contribution in [0.15, 0.2) is 0 Å². The minimum atomic E-state index is -0.837. The smallest absolute Gasteiger partial charge is 0.325 e. The minimum Gasteiger partial charge on any atom is -0.468 e. The quantitative estimate of drug-likeness (QED) is 0.718. The van der Waals surface area contributed by atoms with E-state index in [4.69, 9.17) is 10.5 Å². The van der Waals surface area contributed by atoms with E-state index in [1.807, 2.05) is 0 Å². The fraction of sp³-hybridized carbons (Fsp3) is 0.923. The first-order valence-corrected chi connectivity index (χ1v) is 6.62. The van der Waals surface area contributed by atoms with E-state index < -0.39 is 5.54 Å². The van der Waals surface area contributed by atoms with Gasteiger partial charge in [-0.25, -0.2) is 0 Å². The number of hydrogen-bond donors (Lipinski definition) is 1. The van der Waals surface area contributed by atoms with Crippen molar-refractivity contribution < 1.29 is 9.53 Å². The van der Waals surface area contributed by atoms with Crippen LogP contribution in [0, 0.1) is 0 Å². The average molecular weight is 242 g/mol. The molecule has 4 heteroatoms. The van der Waals surface area contributed by atoms with E-state index in [0.29, 0.717) is 6.42 Å². The highest BCUT2D eigenvalue weighted by Crippen LogP contribution is 2.21. The topological polar surface area (TPSA) is 55.6 Å². The number of hydrogen-bond acceptors (Lipinski definition) is 4. The van der Waals surface area contributed by atoms with Crippen LogP contribution in [0.2, 0.25) is 0 Å². The van der Waals surface area contributed by atoms with Crippen LogP contribution >= 0.6 is 0 Å². The standard InChI is InChI=1S/C13H26N2O2/c1-4-11-7-5-9-15(11)10-6-8-13(2,14)12(16)17-3/h11H,4-10,14H2,1-3H3. The molecule has 1 aliphatic rings. The summed E-state index contributed by atoms with van der Waals surface area (Å²) in [6, 6.07) is 0.733. The van der Waals surface area contributed by atoms with Crippen molar-refractivity contribution in [3.8, 4) is 0 Å². The number of esters is 1. The lowest BCUT2D eigenvalue weighted by molar-refractivity contribution is -0.146. The molecular formula is C13H26N2O2. The average Bonchev–Trinajstić information content (AvgIpc) is 2.75. The minimum absolute atomic E-state index is 0.314. The first-order chi connectivity index (χ1) is 8.01. The van der Waals surface area contributed by atoms with Gasteiger partial charge >= 0.3 is 5.97 Å². The summed E-state index contributed by atoms with van der Waals surface area (Å²) in [7, 11) is 1.39. The van der Waals surface area contributed by atoms with Gasteiger partial charge in [-0.1, -0.05) is 6.92 Å². The Hall–Kier alpha value is -0.610. The fourth-order valence-corrected chi connectivity index (χ4v) is 2.64. The highest BCUT2D eigenvalue weighted by Gasteiger charge is 2.29. The van der Waals surface area contributed by atoms with Crippen LogP contribution in [0.3, 0.4) is 0 Å². The highest BCUT2D eigenvalue weighted by atomic mass is 16.5. The van der Waals surface area contributed by atoms with Gasteiger partial charge in [0.25, 0.3) is 0 Å². The second-order valence-corrected chi connectivity index (χ2v) is 5.25. The van der Waals surface area contributed by atoms with Crippen molar-refractivity contribution in [1.29, 1.82) is 0 Å². The summed E-state index contributed by atoms with van der Waals surface area (Å²) in [5.41, 5.74) is 5.09. The second-order valence-electron chi connectivity index (χ2n) is 5.25. The molecule has 100 valence electrons. The van der Waals surface area contributed by atoms with Gasteiger partial charge in [-0.2, -0.15) is 0 Å². The Bertz CT molecular complexity index is 254. The van der Waals surface area contributed by atoms with E-state index in [1.54, 1.807) is 6.92 Å². The molecule has 17 heavy (non-hydrogen) atoms. The monoisotopic (exact) mass is 242 g/mol. The lowest BCUT2D eigenvalue weighted by Gasteiger charge is -2.26. The number of carbonyl (C=O) groups excluding carboxylic acids is 1. The van der Waals surface area contributed by atoms with Crippen molar-refractivity contribution in [3.63, 3.8) is 0 Å². The number of nitrogens with zero attached hydrogens (tertiary/aromatic N) is 1. The third-order valence-corrected chi connectivity index (χ3v) is 3.76. The van der Waals surface area contributed by atoms with Gasteiger partial charge in [-0.15, -0.1) is 0 Å². The van der Waals surface area contributed by atoms with Crippen LogP contribution in [0.1, 0.15) is 46.0 Å². The van der Waals surface area contributed by atoms with Gasteiger partial charge in [-0.3, -0.25) is 4.79 Å². The van der Waals surface area contributed by atoms with E-state index in [-0.39, 0.29) is 5.97 Å². The second kappa shape index (κ2) is 6.36. The fourth-order valence-electron chi connectivity index (χ4n) is 2.64. The SMILES string of the molecule is CCC1CCCN1CCCC(C)(N)C(=O)OC. The number of nitrogens with two attached hydrogens (primary N) is 1. The van der Waals surface area contributed by atoms with Crippen LogP contribution in [0.5, 0.6) is 0 Å². The molecule has 0 bridgehead atoms. The zero-order chi connectivity index (χ0) is 12.9. The maximum absolute atomic E-state index is 11.4. The summed E-state index contributed by atoms with van der Waals surface area (Å²) in [6.45, 7) is 6.23. The Labute approximate surface area is 104 Å². The molecule has 1 rings (SSSR count). The summed E-state index contributed by atoms with van der Waals surface area (Å²) in [5.74, 6) is -0.314. The molecule has 0 radical (unpaired) electrons. The molecule has 1 aliphatic heterocycles. The Morgan fingerprint density at radius 3 is 2.88 bits per heavy atom. The predicted molar refractivity (Wildman–Crippen MR) is 68.7 cm³/mol. The number of likely N-dealkylation sites (tertiary alicyclic amines) is 1. The van der Waals surface area contributed by atoms with Crippen molar-refractivity contribution in [2.75, 3.05) is 20.2 Å². The molecule has 0 aromatic carbocycles. The van der Waals surface area contributed by atoms with Crippen LogP contribution in [-0.4, -0.2) is 42.6 Å². The molecule has 4 nitrogen and oxygen atoms in total.